The lowest BCUT2D eigenvalue weighted by molar-refractivity contribution is -0.653. The Hall–Kier alpha value is -2.35. The van der Waals surface area contributed by atoms with E-state index in [0.717, 1.165) is 12.5 Å². The molecule has 0 spiro atoms. The summed E-state index contributed by atoms with van der Waals surface area (Å²) in [6, 6.07) is 19.7. The second-order valence-electron chi connectivity index (χ2n) is 6.54. The van der Waals surface area contributed by atoms with Crippen LogP contribution in [0.5, 0.6) is 0 Å². The Labute approximate surface area is 129 Å². The number of hydrogen-bond donors (Lipinski definition) is 1. The fourth-order valence-corrected chi connectivity index (χ4v) is 3.80. The molecule has 1 fully saturated rings. The van der Waals surface area contributed by atoms with E-state index in [9.17, 15) is 0 Å². The zero-order valence-electron chi connectivity index (χ0n) is 12.5. The van der Waals surface area contributed by atoms with E-state index in [2.05, 4.69) is 64.1 Å². The van der Waals surface area contributed by atoms with Gasteiger partial charge in [0.25, 0.3) is 0 Å². The molecule has 0 radical (unpaired) electrons. The molecule has 2 heteroatoms. The molecule has 2 aromatic heterocycles. The van der Waals surface area contributed by atoms with Crippen molar-refractivity contribution in [3.63, 3.8) is 0 Å². The molecule has 4 aromatic rings. The molecule has 108 valence electrons. The van der Waals surface area contributed by atoms with Gasteiger partial charge in [0.1, 0.15) is 5.52 Å². The van der Waals surface area contributed by atoms with Crippen LogP contribution in [0.25, 0.3) is 32.8 Å². The van der Waals surface area contributed by atoms with Gasteiger partial charge < -0.3 is 4.98 Å². The van der Waals surface area contributed by atoms with E-state index >= 15 is 0 Å². The van der Waals surface area contributed by atoms with Gasteiger partial charge in [-0.2, -0.15) is 4.57 Å². The Bertz CT molecular complexity index is 993. The number of benzene rings is 2. The van der Waals surface area contributed by atoms with Gasteiger partial charge in [-0.15, -0.1) is 0 Å². The number of pyridine rings is 1. The molecular formula is C20H19N2+. The summed E-state index contributed by atoms with van der Waals surface area (Å²) in [5.74, 6) is 0.840. The van der Waals surface area contributed by atoms with Crippen LogP contribution in [0.15, 0.2) is 54.6 Å². The van der Waals surface area contributed by atoms with Gasteiger partial charge in [-0.05, 0) is 37.1 Å². The molecule has 0 unspecified atom stereocenters. The first-order chi connectivity index (χ1) is 10.9. The second kappa shape index (κ2) is 4.57. The van der Waals surface area contributed by atoms with Crippen molar-refractivity contribution in [2.45, 2.75) is 25.8 Å². The second-order valence-corrected chi connectivity index (χ2v) is 6.54. The molecule has 0 atom stereocenters. The summed E-state index contributed by atoms with van der Waals surface area (Å²) in [6.07, 6.45) is 4.15. The molecule has 1 aliphatic carbocycles. The number of fused-ring (bicyclic) bond motifs is 4. The summed E-state index contributed by atoms with van der Waals surface area (Å²) < 4.78 is 2.55. The van der Waals surface area contributed by atoms with Gasteiger partial charge >= 0.3 is 0 Å². The fraction of sp³-hybridized carbons (Fsp3) is 0.250. The molecule has 0 bridgehead atoms. The molecule has 0 aliphatic heterocycles. The molecule has 0 saturated heterocycles. The van der Waals surface area contributed by atoms with Crippen LogP contribution >= 0.6 is 0 Å². The Kier molecular flexibility index (Phi) is 2.54. The third kappa shape index (κ3) is 1.70. The van der Waals surface area contributed by atoms with Gasteiger partial charge in [-0.25, -0.2) is 0 Å². The molecule has 1 saturated carbocycles. The Morgan fingerprint density at radius 3 is 2.64 bits per heavy atom. The Balaban J connectivity index is 1.91. The Morgan fingerprint density at radius 2 is 1.77 bits per heavy atom. The minimum atomic E-state index is 0.840. The lowest BCUT2D eigenvalue weighted by Crippen LogP contribution is -2.41. The van der Waals surface area contributed by atoms with E-state index < -0.39 is 0 Å². The van der Waals surface area contributed by atoms with Gasteiger partial charge in [-0.1, -0.05) is 30.7 Å². The van der Waals surface area contributed by atoms with Crippen LogP contribution in [-0.4, -0.2) is 4.98 Å². The average molecular weight is 287 g/mol. The van der Waals surface area contributed by atoms with Crippen LogP contribution in [0.1, 0.15) is 19.3 Å². The van der Waals surface area contributed by atoms with Crippen molar-refractivity contribution < 1.29 is 4.57 Å². The Morgan fingerprint density at radius 1 is 0.955 bits per heavy atom. The van der Waals surface area contributed by atoms with Crippen LogP contribution < -0.4 is 4.57 Å². The summed E-state index contributed by atoms with van der Waals surface area (Å²) in [7, 11) is 0. The number of para-hydroxylation sites is 2. The summed E-state index contributed by atoms with van der Waals surface area (Å²) in [5, 5.41) is 2.66. The maximum absolute atomic E-state index is 3.60. The average Bonchev–Trinajstić information content (AvgIpc) is 2.87. The van der Waals surface area contributed by atoms with Crippen molar-refractivity contribution in [3.05, 3.63) is 54.6 Å². The molecule has 1 N–H and O–H groups in total. The van der Waals surface area contributed by atoms with E-state index in [0.29, 0.717) is 0 Å². The lowest BCUT2D eigenvalue weighted by Gasteiger charge is -2.22. The van der Waals surface area contributed by atoms with Gasteiger partial charge in [0, 0.05) is 17.4 Å². The summed E-state index contributed by atoms with van der Waals surface area (Å²) in [4.78, 5) is 3.60. The molecule has 1 aliphatic rings. The van der Waals surface area contributed by atoms with E-state index in [-0.39, 0.29) is 0 Å². The SMILES string of the molecule is c1ccc2c(c1)cc1[nH]c3ccccc3c1[n+]2CC1CCC1. The first kappa shape index (κ1) is 12.2. The van der Waals surface area contributed by atoms with Crippen molar-refractivity contribution >= 4 is 32.8 Å². The fourth-order valence-electron chi connectivity index (χ4n) is 3.80. The zero-order valence-corrected chi connectivity index (χ0v) is 12.5. The van der Waals surface area contributed by atoms with E-state index in [1.54, 1.807) is 0 Å². The largest absolute Gasteiger partial charge is 0.349 e. The molecule has 22 heavy (non-hydrogen) atoms. The van der Waals surface area contributed by atoms with Crippen molar-refractivity contribution in [2.75, 3.05) is 0 Å². The number of H-pyrrole nitrogens is 1. The highest BCUT2D eigenvalue weighted by Gasteiger charge is 2.26. The van der Waals surface area contributed by atoms with Gasteiger partial charge in [0.2, 0.25) is 11.0 Å². The summed E-state index contributed by atoms with van der Waals surface area (Å²) in [5.41, 5.74) is 5.20. The first-order valence-corrected chi connectivity index (χ1v) is 8.22. The predicted octanol–water partition coefficient (Wildman–Crippen LogP) is 4.56. The maximum atomic E-state index is 3.60. The maximum Gasteiger partial charge on any atom is 0.238 e. The quantitative estimate of drug-likeness (QED) is 0.521. The van der Waals surface area contributed by atoms with Crippen LogP contribution in [0.3, 0.4) is 0 Å². The van der Waals surface area contributed by atoms with E-state index in [1.807, 2.05) is 0 Å². The van der Waals surface area contributed by atoms with Crippen LogP contribution in [0.2, 0.25) is 0 Å². The highest BCUT2D eigenvalue weighted by molar-refractivity contribution is 6.05. The molecule has 2 heterocycles. The van der Waals surface area contributed by atoms with Crippen LogP contribution in [-0.2, 0) is 6.54 Å². The molecule has 5 rings (SSSR count). The highest BCUT2D eigenvalue weighted by atomic mass is 15.0. The molecule has 2 nitrogen and oxygen atoms in total. The third-order valence-electron chi connectivity index (χ3n) is 5.17. The van der Waals surface area contributed by atoms with Crippen molar-refractivity contribution in [2.24, 2.45) is 5.92 Å². The van der Waals surface area contributed by atoms with Crippen molar-refractivity contribution in [1.82, 2.24) is 4.98 Å². The van der Waals surface area contributed by atoms with Crippen LogP contribution in [0.4, 0.5) is 0 Å². The van der Waals surface area contributed by atoms with Crippen LogP contribution in [0, 0.1) is 5.92 Å². The number of nitrogens with zero attached hydrogens (tertiary/aromatic N) is 1. The lowest BCUT2D eigenvalue weighted by atomic mass is 9.85. The minimum absolute atomic E-state index is 0.840. The van der Waals surface area contributed by atoms with E-state index in [4.69, 9.17) is 0 Å². The zero-order chi connectivity index (χ0) is 14.5. The topological polar surface area (TPSA) is 19.7 Å². The number of aromatic amines is 1. The standard InChI is InChI=1S/C20H18N2/c1-4-11-19-15(8-1)12-18-20(22(19)13-14-6-5-7-14)16-9-2-3-10-17(16)21-18/h1-4,8-12,14H,5-7,13H2/p+1. The molecular weight excluding hydrogens is 268 g/mol. The molecule has 2 aromatic carbocycles. The molecule has 0 amide bonds. The van der Waals surface area contributed by atoms with Gasteiger partial charge in [0.15, 0.2) is 6.54 Å². The van der Waals surface area contributed by atoms with Crippen molar-refractivity contribution in [1.29, 1.82) is 0 Å². The number of nitrogens with one attached hydrogen (secondary N) is 1. The van der Waals surface area contributed by atoms with Gasteiger partial charge in [-0.3, -0.25) is 0 Å². The third-order valence-corrected chi connectivity index (χ3v) is 5.17. The number of aromatic nitrogens is 2. The number of rotatable bonds is 2. The monoisotopic (exact) mass is 287 g/mol. The minimum Gasteiger partial charge on any atom is -0.349 e. The summed E-state index contributed by atoms with van der Waals surface area (Å²) >= 11 is 0. The summed E-state index contributed by atoms with van der Waals surface area (Å²) in [6.45, 7) is 1.14. The number of hydrogen-bond acceptors (Lipinski definition) is 0. The smallest absolute Gasteiger partial charge is 0.238 e. The predicted molar refractivity (Wildman–Crippen MR) is 90.8 cm³/mol. The highest BCUT2D eigenvalue weighted by Crippen LogP contribution is 2.30. The first-order valence-electron chi connectivity index (χ1n) is 8.22. The van der Waals surface area contributed by atoms with Crippen molar-refractivity contribution in [3.8, 4) is 0 Å². The normalized spacial score (nSPS) is 15.6. The van der Waals surface area contributed by atoms with Gasteiger partial charge in [0.05, 0.1) is 10.9 Å². The van der Waals surface area contributed by atoms with E-state index in [1.165, 1.54) is 52.1 Å².